The zero-order valence-corrected chi connectivity index (χ0v) is 44.1. The Balaban J connectivity index is 1.35. The van der Waals surface area contributed by atoms with Gasteiger partial charge in [-0.2, -0.15) is 9.98 Å². The highest BCUT2D eigenvalue weighted by atomic mass is 14.8. The van der Waals surface area contributed by atoms with E-state index in [2.05, 4.69) is 314 Å². The van der Waals surface area contributed by atoms with Gasteiger partial charge in [-0.05, 0) is 88.7 Å². The molecule has 0 saturated carbocycles. The van der Waals surface area contributed by atoms with Crippen molar-refractivity contribution < 1.29 is 0 Å². The smallest absolute Gasteiger partial charge is 0.101 e. The second-order valence-electron chi connectivity index (χ2n) is 21.8. The van der Waals surface area contributed by atoms with Crippen LogP contribution >= 0.6 is 0 Å². The maximum absolute atomic E-state index is 5.71. The minimum atomic E-state index is -0.192. The molecule has 0 aliphatic carbocycles. The van der Waals surface area contributed by atoms with Crippen LogP contribution in [0, 0.1) is 0 Å². The van der Waals surface area contributed by atoms with Crippen LogP contribution in [0.3, 0.4) is 0 Å². The maximum atomic E-state index is 5.71. The molecule has 0 aromatic heterocycles. The lowest BCUT2D eigenvalue weighted by Crippen LogP contribution is -2.16. The molecule has 0 unspecified atom stereocenters. The predicted octanol–water partition coefficient (Wildman–Crippen LogP) is 19.1. The van der Waals surface area contributed by atoms with E-state index >= 15 is 0 Å². The average molecular weight is 971 g/mol. The van der Waals surface area contributed by atoms with Crippen LogP contribution in [0.1, 0.15) is 143 Å². The normalized spacial score (nSPS) is 11.8. The number of rotatable bonds is 14. The van der Waals surface area contributed by atoms with E-state index in [1.165, 1.54) is 55.6 Å². The van der Waals surface area contributed by atoms with Crippen molar-refractivity contribution in [2.75, 3.05) is 0 Å². The quantitative estimate of drug-likeness (QED) is 0.0766. The van der Waals surface area contributed by atoms with Gasteiger partial charge in [-0.15, -0.1) is 0 Å². The number of nitrogens with zero attached hydrogens (tertiary/aromatic N) is 2. The largest absolute Gasteiger partial charge is 0.187 e. The van der Waals surface area contributed by atoms with Crippen LogP contribution in [0.15, 0.2) is 277 Å². The molecule has 0 amide bonds. The Morgan fingerprint density at radius 1 is 0.253 bits per heavy atom. The number of hydrogen-bond acceptors (Lipinski definition) is 2. The van der Waals surface area contributed by atoms with Crippen molar-refractivity contribution in [3.63, 3.8) is 0 Å². The highest BCUT2D eigenvalue weighted by Gasteiger charge is 2.32. The van der Waals surface area contributed by atoms with Crippen LogP contribution in [0.25, 0.3) is 0 Å². The van der Waals surface area contributed by atoms with Crippen LogP contribution in [0.2, 0.25) is 0 Å². The molecule has 0 saturated heterocycles. The van der Waals surface area contributed by atoms with Crippen LogP contribution in [-0.2, 0) is 10.8 Å². The first-order chi connectivity index (χ1) is 36.5. The third kappa shape index (κ3) is 11.2. The second kappa shape index (κ2) is 22.4. The van der Waals surface area contributed by atoms with Crippen molar-refractivity contribution in [3.8, 4) is 0 Å². The molecular weight excluding hydrogens is 905 g/mol. The highest BCUT2D eigenvalue weighted by Crippen LogP contribution is 2.49. The summed E-state index contributed by atoms with van der Waals surface area (Å²) in [7, 11) is 0. The van der Waals surface area contributed by atoms with E-state index in [9.17, 15) is 0 Å². The minimum absolute atomic E-state index is 0.153. The van der Waals surface area contributed by atoms with Crippen molar-refractivity contribution in [1.29, 1.82) is 0 Å². The Morgan fingerprint density at radius 2 is 0.413 bits per heavy atom. The Kier molecular flexibility index (Phi) is 14.9. The lowest BCUT2D eigenvalue weighted by atomic mass is 9.75. The Bertz CT molecular complexity index is 2900. The van der Waals surface area contributed by atoms with E-state index in [1.807, 2.05) is 0 Å². The van der Waals surface area contributed by atoms with E-state index in [-0.39, 0.29) is 34.5 Å². The number of benzene rings is 10. The maximum Gasteiger partial charge on any atom is 0.101 e. The summed E-state index contributed by atoms with van der Waals surface area (Å²) in [5, 5.41) is 0. The summed E-state index contributed by atoms with van der Waals surface area (Å²) in [6.45, 7) is 13.9. The average Bonchev–Trinajstić information content (AvgIpc) is 3.44. The Hall–Kier alpha value is -8.42. The second-order valence-corrected chi connectivity index (χ2v) is 21.8. The van der Waals surface area contributed by atoms with Gasteiger partial charge in [-0.3, -0.25) is 0 Å². The summed E-state index contributed by atoms with van der Waals surface area (Å²) in [5.41, 5.74) is 17.8. The monoisotopic (exact) mass is 971 g/mol. The molecule has 0 N–H and O–H groups in total. The lowest BCUT2D eigenvalue weighted by Gasteiger charge is -2.30. The van der Waals surface area contributed by atoms with E-state index < -0.39 is 0 Å². The first-order valence-corrected chi connectivity index (χ1v) is 26.5. The predicted molar refractivity (Wildman–Crippen MR) is 315 cm³/mol. The molecule has 0 aliphatic rings. The molecule has 75 heavy (non-hydrogen) atoms. The lowest BCUT2D eigenvalue weighted by molar-refractivity contribution is 0.587. The Labute approximate surface area is 445 Å². The van der Waals surface area contributed by atoms with Gasteiger partial charge >= 0.3 is 0 Å². The van der Waals surface area contributed by atoms with Crippen molar-refractivity contribution in [3.05, 3.63) is 345 Å². The first-order valence-electron chi connectivity index (χ1n) is 26.5. The molecule has 10 aromatic carbocycles. The molecule has 0 aliphatic heterocycles. The fourth-order valence-corrected chi connectivity index (χ4v) is 10.9. The zero-order chi connectivity index (χ0) is 51.8. The van der Waals surface area contributed by atoms with Gasteiger partial charge in [0.15, 0.2) is 0 Å². The third-order valence-electron chi connectivity index (χ3n) is 14.7. The molecular formula is C73H66N2. The van der Waals surface area contributed by atoms with Gasteiger partial charge in [0.25, 0.3) is 0 Å². The van der Waals surface area contributed by atoms with Crippen LogP contribution in [-0.4, -0.2) is 6.01 Å². The number of aliphatic imine (C=N–C) groups is 2. The summed E-state index contributed by atoms with van der Waals surface area (Å²) in [6.07, 6.45) is 0. The van der Waals surface area contributed by atoms with Crippen molar-refractivity contribution in [2.45, 2.75) is 76.0 Å². The van der Waals surface area contributed by atoms with Gasteiger partial charge in [0.1, 0.15) is 6.01 Å². The summed E-state index contributed by atoms with van der Waals surface area (Å²) in [4.78, 5) is 11.4. The summed E-state index contributed by atoms with van der Waals surface area (Å²) >= 11 is 0. The summed E-state index contributed by atoms with van der Waals surface area (Å²) in [6, 6.07) is 101. The standard InChI is InChI=1S/C73H66N2/c1-72(2,3)60-47-62(66(52-31-15-7-16-32-52)53-33-17-8-18-34-53)70(63(48-60)67(54-35-19-9-20-36-54)55-37-21-10-22-38-55)74-51-75-71-64(68(56-39-23-11-24-40-56)57-41-25-12-26-42-57)49-61(73(4,5)6)50-65(71)69(58-43-27-13-28-44-58)59-45-29-14-30-46-59/h7-50,66-69H,1-6H3. The van der Waals surface area contributed by atoms with Gasteiger partial charge in [0, 0.05) is 23.7 Å². The minimum Gasteiger partial charge on any atom is -0.187 e. The Morgan fingerprint density at radius 3 is 0.560 bits per heavy atom. The van der Waals surface area contributed by atoms with E-state index in [4.69, 9.17) is 9.98 Å². The molecule has 0 fully saturated rings. The molecule has 0 heterocycles. The molecule has 0 radical (unpaired) electrons. The topological polar surface area (TPSA) is 24.7 Å². The third-order valence-corrected chi connectivity index (χ3v) is 14.7. The van der Waals surface area contributed by atoms with Gasteiger partial charge in [-0.1, -0.05) is 308 Å². The fraction of sp³-hybridized carbons (Fsp3) is 0.164. The molecule has 10 rings (SSSR count). The van der Waals surface area contributed by atoms with E-state index in [1.54, 1.807) is 0 Å². The zero-order valence-electron chi connectivity index (χ0n) is 44.1. The van der Waals surface area contributed by atoms with Gasteiger partial charge in [0.2, 0.25) is 0 Å². The molecule has 0 spiro atoms. The van der Waals surface area contributed by atoms with Crippen LogP contribution in [0.4, 0.5) is 11.4 Å². The van der Waals surface area contributed by atoms with Gasteiger partial charge in [0.05, 0.1) is 11.4 Å². The molecule has 2 heteroatoms. The van der Waals surface area contributed by atoms with E-state index in [0.29, 0.717) is 0 Å². The fourth-order valence-electron chi connectivity index (χ4n) is 10.9. The first kappa shape index (κ1) is 50.1. The SMILES string of the molecule is CC(C)(C)c1cc(C(c2ccccc2)c2ccccc2)c(N=C=Nc2c(C(c3ccccc3)c3ccccc3)cc(C(C)(C)C)cc2C(c2ccccc2)c2ccccc2)c(C(c2ccccc2)c2ccccc2)c1. The van der Waals surface area contributed by atoms with Crippen molar-refractivity contribution in [2.24, 2.45) is 9.98 Å². The molecule has 2 nitrogen and oxygen atoms in total. The molecule has 368 valence electrons. The molecule has 10 aromatic rings. The summed E-state index contributed by atoms with van der Waals surface area (Å²) < 4.78 is 0. The van der Waals surface area contributed by atoms with Gasteiger partial charge < -0.3 is 0 Å². The summed E-state index contributed by atoms with van der Waals surface area (Å²) in [5.74, 6) is -0.613. The van der Waals surface area contributed by atoms with Crippen LogP contribution < -0.4 is 0 Å². The van der Waals surface area contributed by atoms with Crippen molar-refractivity contribution in [1.82, 2.24) is 0 Å². The van der Waals surface area contributed by atoms with Gasteiger partial charge in [-0.25, -0.2) is 0 Å². The van der Waals surface area contributed by atoms with Crippen LogP contribution in [0.5, 0.6) is 0 Å². The highest BCUT2D eigenvalue weighted by molar-refractivity contribution is 5.73. The number of hydrogen-bond donors (Lipinski definition) is 0. The van der Waals surface area contributed by atoms with E-state index in [0.717, 1.165) is 33.6 Å². The van der Waals surface area contributed by atoms with Crippen molar-refractivity contribution >= 4 is 17.4 Å². The molecule has 0 bridgehead atoms. The molecule has 0 atom stereocenters.